The second kappa shape index (κ2) is 5.77. The Morgan fingerprint density at radius 1 is 1.42 bits per heavy atom. The molecule has 1 aliphatic rings. The lowest BCUT2D eigenvalue weighted by atomic mass is 10.00. The second-order valence-electron chi connectivity index (χ2n) is 4.98. The van der Waals surface area contributed by atoms with Crippen LogP contribution in [0.1, 0.15) is 24.8 Å². The largest absolute Gasteiger partial charge is 0.326 e. The third-order valence-electron chi connectivity index (χ3n) is 3.59. The van der Waals surface area contributed by atoms with E-state index in [0.717, 1.165) is 6.42 Å². The Bertz CT molecular complexity index is 562. The molecule has 1 aromatic rings. The molecule has 1 aliphatic heterocycles. The van der Waals surface area contributed by atoms with Crippen molar-refractivity contribution >= 4 is 21.4 Å². The Morgan fingerprint density at radius 2 is 2.16 bits per heavy atom. The van der Waals surface area contributed by atoms with Crippen molar-refractivity contribution in [2.75, 3.05) is 5.75 Å². The van der Waals surface area contributed by atoms with Crippen molar-refractivity contribution in [3.05, 3.63) is 34.6 Å². The van der Waals surface area contributed by atoms with E-state index in [1.807, 2.05) is 0 Å². The van der Waals surface area contributed by atoms with Crippen LogP contribution in [0.25, 0.3) is 0 Å². The minimum absolute atomic E-state index is 0.0335. The fraction of sp³-hybridized carbons (Fsp3) is 0.538. The number of rotatable bonds is 3. The lowest BCUT2D eigenvalue weighted by Gasteiger charge is -2.27. The molecule has 1 heterocycles. The molecule has 106 valence electrons. The maximum atomic E-state index is 13.3. The van der Waals surface area contributed by atoms with Gasteiger partial charge < -0.3 is 5.73 Å². The van der Waals surface area contributed by atoms with Crippen LogP contribution in [0.2, 0.25) is 5.02 Å². The Balaban J connectivity index is 2.16. The predicted octanol–water partition coefficient (Wildman–Crippen LogP) is 2.32. The summed E-state index contributed by atoms with van der Waals surface area (Å²) in [7, 11) is -3.13. The van der Waals surface area contributed by atoms with Crippen molar-refractivity contribution in [1.82, 2.24) is 0 Å². The first-order chi connectivity index (χ1) is 8.92. The predicted molar refractivity (Wildman–Crippen MR) is 74.5 cm³/mol. The van der Waals surface area contributed by atoms with E-state index in [1.165, 1.54) is 6.07 Å². The monoisotopic (exact) mass is 305 g/mol. The number of hydrogen-bond donors (Lipinski definition) is 1. The summed E-state index contributed by atoms with van der Waals surface area (Å²) in [5, 5.41) is -0.508. The molecule has 0 saturated carbocycles. The molecule has 0 radical (unpaired) electrons. The second-order valence-corrected chi connectivity index (χ2v) is 7.70. The summed E-state index contributed by atoms with van der Waals surface area (Å²) in [4.78, 5) is 0. The number of sulfone groups is 1. The van der Waals surface area contributed by atoms with Crippen molar-refractivity contribution < 1.29 is 12.8 Å². The third-order valence-corrected chi connectivity index (χ3v) is 6.38. The zero-order valence-corrected chi connectivity index (χ0v) is 12.1. The highest BCUT2D eigenvalue weighted by Gasteiger charge is 2.33. The van der Waals surface area contributed by atoms with E-state index in [0.29, 0.717) is 18.4 Å². The van der Waals surface area contributed by atoms with Crippen molar-refractivity contribution in [3.8, 4) is 0 Å². The maximum absolute atomic E-state index is 13.3. The number of halogens is 2. The van der Waals surface area contributed by atoms with E-state index in [4.69, 9.17) is 17.3 Å². The molecule has 6 heteroatoms. The average molecular weight is 306 g/mol. The van der Waals surface area contributed by atoms with E-state index in [9.17, 15) is 12.8 Å². The molecule has 2 unspecified atom stereocenters. The molecule has 1 fully saturated rings. The first-order valence-corrected chi connectivity index (χ1v) is 8.41. The molecule has 0 aromatic heterocycles. The van der Waals surface area contributed by atoms with E-state index in [1.54, 1.807) is 12.1 Å². The molecule has 1 aromatic carbocycles. The molecule has 3 nitrogen and oxygen atoms in total. The van der Waals surface area contributed by atoms with Gasteiger partial charge in [-0.15, -0.1) is 0 Å². The van der Waals surface area contributed by atoms with Crippen molar-refractivity contribution in [2.24, 2.45) is 5.73 Å². The van der Waals surface area contributed by atoms with Crippen LogP contribution < -0.4 is 5.73 Å². The van der Waals surface area contributed by atoms with Crippen LogP contribution in [0.3, 0.4) is 0 Å². The van der Waals surface area contributed by atoms with E-state index >= 15 is 0 Å². The molecule has 0 bridgehead atoms. The molecule has 2 N–H and O–H groups in total. The molecular formula is C13H17ClFNO2S. The van der Waals surface area contributed by atoms with Gasteiger partial charge in [-0.05, 0) is 30.9 Å². The lowest BCUT2D eigenvalue weighted by Crippen LogP contribution is -2.44. The highest BCUT2D eigenvalue weighted by Crippen LogP contribution is 2.26. The van der Waals surface area contributed by atoms with Gasteiger partial charge in [-0.1, -0.05) is 30.2 Å². The van der Waals surface area contributed by atoms with Gasteiger partial charge in [0.2, 0.25) is 0 Å². The molecule has 2 atom stereocenters. The van der Waals surface area contributed by atoms with Gasteiger partial charge in [0.05, 0.1) is 16.0 Å². The Hall–Kier alpha value is -0.650. The minimum atomic E-state index is -3.13. The fourth-order valence-corrected chi connectivity index (χ4v) is 4.82. The Labute approximate surface area is 117 Å². The highest BCUT2D eigenvalue weighted by molar-refractivity contribution is 7.92. The number of hydrogen-bond acceptors (Lipinski definition) is 3. The molecule has 2 rings (SSSR count). The molecule has 1 saturated heterocycles. The number of benzene rings is 1. The highest BCUT2D eigenvalue weighted by atomic mass is 35.5. The zero-order chi connectivity index (χ0) is 14.0. The smallest absolute Gasteiger partial charge is 0.154 e. The molecule has 0 amide bonds. The fourth-order valence-electron chi connectivity index (χ4n) is 2.55. The molecule has 0 spiro atoms. The van der Waals surface area contributed by atoms with Gasteiger partial charge in [0.25, 0.3) is 0 Å². The summed E-state index contributed by atoms with van der Waals surface area (Å²) in [5.74, 6) is -0.305. The zero-order valence-electron chi connectivity index (χ0n) is 10.5. The van der Waals surface area contributed by atoms with Crippen LogP contribution in [0, 0.1) is 5.82 Å². The van der Waals surface area contributed by atoms with Crippen LogP contribution in [0.5, 0.6) is 0 Å². The first kappa shape index (κ1) is 14.8. The van der Waals surface area contributed by atoms with Crippen molar-refractivity contribution in [2.45, 2.75) is 37.0 Å². The van der Waals surface area contributed by atoms with E-state index < -0.39 is 26.9 Å². The summed E-state index contributed by atoms with van der Waals surface area (Å²) in [6, 6.07) is 3.97. The number of nitrogens with two attached hydrogens (primary N) is 1. The first-order valence-electron chi connectivity index (χ1n) is 6.32. The minimum Gasteiger partial charge on any atom is -0.326 e. The van der Waals surface area contributed by atoms with Crippen LogP contribution in [0.4, 0.5) is 4.39 Å². The summed E-state index contributed by atoms with van der Waals surface area (Å²) in [6.07, 6.45) is 2.43. The van der Waals surface area contributed by atoms with Crippen molar-refractivity contribution in [1.29, 1.82) is 0 Å². The maximum Gasteiger partial charge on any atom is 0.154 e. The molecular weight excluding hydrogens is 289 g/mol. The summed E-state index contributed by atoms with van der Waals surface area (Å²) < 4.78 is 37.3. The summed E-state index contributed by atoms with van der Waals surface area (Å²) in [5.41, 5.74) is 6.58. The lowest BCUT2D eigenvalue weighted by molar-refractivity contribution is 0.494. The van der Waals surface area contributed by atoms with Crippen molar-refractivity contribution in [3.63, 3.8) is 0 Å². The third kappa shape index (κ3) is 3.27. The Morgan fingerprint density at radius 3 is 2.84 bits per heavy atom. The van der Waals surface area contributed by atoms with E-state index in [2.05, 4.69) is 0 Å². The van der Waals surface area contributed by atoms with Gasteiger partial charge in [-0.2, -0.15) is 0 Å². The van der Waals surface area contributed by atoms with Gasteiger partial charge in [0.1, 0.15) is 5.82 Å². The summed E-state index contributed by atoms with van der Waals surface area (Å²) in [6.45, 7) is 0. The van der Waals surface area contributed by atoms with Gasteiger partial charge >= 0.3 is 0 Å². The SMILES string of the molecule is NC(Cc1cccc(F)c1Cl)C1CCCCS1(=O)=O. The van der Waals surface area contributed by atoms with Crippen LogP contribution in [-0.2, 0) is 16.3 Å². The quantitative estimate of drug-likeness (QED) is 0.932. The Kier molecular flexibility index (Phi) is 4.48. The van der Waals surface area contributed by atoms with Crippen LogP contribution in [0.15, 0.2) is 18.2 Å². The molecule has 19 heavy (non-hydrogen) atoms. The summed E-state index contributed by atoms with van der Waals surface area (Å²) >= 11 is 5.87. The topological polar surface area (TPSA) is 60.2 Å². The van der Waals surface area contributed by atoms with E-state index in [-0.39, 0.29) is 17.2 Å². The van der Waals surface area contributed by atoms with Gasteiger partial charge in [-0.25, -0.2) is 12.8 Å². The van der Waals surface area contributed by atoms with Gasteiger partial charge in [-0.3, -0.25) is 0 Å². The normalized spacial score (nSPS) is 24.1. The van der Waals surface area contributed by atoms with Gasteiger partial charge in [0, 0.05) is 6.04 Å². The van der Waals surface area contributed by atoms with Crippen LogP contribution >= 0.6 is 11.6 Å². The standard InChI is InChI=1S/C13H17ClFNO2S/c14-13-9(4-3-5-10(13)15)8-11(16)12-6-1-2-7-19(12,17)18/h3-5,11-12H,1-2,6-8,16H2. The average Bonchev–Trinajstić information content (AvgIpc) is 2.34. The molecule has 0 aliphatic carbocycles. The van der Waals surface area contributed by atoms with Crippen LogP contribution in [-0.4, -0.2) is 25.5 Å². The van der Waals surface area contributed by atoms with Gasteiger partial charge in [0.15, 0.2) is 9.84 Å².